The molecule has 0 amide bonds. The minimum atomic E-state index is -5.17. The van der Waals surface area contributed by atoms with E-state index < -0.39 is 26.8 Å². The first-order chi connectivity index (χ1) is 5.73. The van der Waals surface area contributed by atoms with Crippen molar-refractivity contribution in [3.05, 3.63) is 0 Å². The first-order valence-corrected chi connectivity index (χ1v) is 4.93. The minimum absolute atomic E-state index is 0. The first kappa shape index (κ1) is 37.0. The molecule has 0 atom stereocenters. The Labute approximate surface area is 199 Å². The molecule has 0 aromatic carbocycles. The molecule has 0 aromatic heterocycles. The standard InChI is InChI=1S/C2H4O2.2K.Mg.2H2O4S/c1-2(3)4;;;;2*1-5(2,3)4/h1H3,(H,3,4);;;;2*(H2,1,2,3,4)/q;2*+1;+2;;/p-4. The monoisotopic (exact) mass is 354 g/mol. The predicted molar refractivity (Wildman–Crippen MR) is 40.0 cm³/mol. The van der Waals surface area contributed by atoms with Crippen LogP contribution in [0, 0.1) is 0 Å². The molecule has 0 bridgehead atoms. The van der Waals surface area contributed by atoms with E-state index in [1.54, 1.807) is 0 Å². The normalized spacial score (nSPS) is 8.29. The van der Waals surface area contributed by atoms with Gasteiger partial charge in [0.2, 0.25) is 0 Å². The van der Waals surface area contributed by atoms with Gasteiger partial charge in [-0.1, -0.05) is 0 Å². The van der Waals surface area contributed by atoms with Crippen molar-refractivity contribution < 1.29 is 148 Å². The maximum absolute atomic E-state index is 9.00. The van der Waals surface area contributed by atoms with Crippen LogP contribution in [0.5, 0.6) is 0 Å². The van der Waals surface area contributed by atoms with Crippen molar-refractivity contribution in [1.29, 1.82) is 0 Å². The van der Waals surface area contributed by atoms with Crippen molar-refractivity contribution in [2.24, 2.45) is 0 Å². The van der Waals surface area contributed by atoms with Crippen molar-refractivity contribution in [1.82, 2.24) is 0 Å². The Balaban J connectivity index is -0.0000000247. The van der Waals surface area contributed by atoms with Gasteiger partial charge in [0, 0.05) is 27.7 Å². The van der Waals surface area contributed by atoms with Crippen LogP contribution in [-0.4, -0.2) is 69.2 Å². The van der Waals surface area contributed by atoms with Crippen LogP contribution in [-0.2, 0) is 25.6 Å². The molecule has 0 aliphatic carbocycles. The molecule has 15 heteroatoms. The van der Waals surface area contributed by atoms with E-state index in [0.29, 0.717) is 0 Å². The Hall–Kier alpha value is 3.25. The van der Waals surface area contributed by atoms with Gasteiger partial charge in [0.25, 0.3) is 5.97 Å². The third-order valence-corrected chi connectivity index (χ3v) is 0. The Morgan fingerprint density at radius 1 is 0.882 bits per heavy atom. The maximum atomic E-state index is 9.00. The summed E-state index contributed by atoms with van der Waals surface area (Å²) in [7, 11) is -10.3. The number of carboxylic acid groups (broad SMARTS) is 1. The summed E-state index contributed by atoms with van der Waals surface area (Å²) in [5.41, 5.74) is 0. The van der Waals surface area contributed by atoms with E-state index in [-0.39, 0.29) is 126 Å². The molecule has 0 aliphatic heterocycles. The molecule has 0 saturated carbocycles. The molecule has 88 valence electrons. The van der Waals surface area contributed by atoms with Gasteiger partial charge in [-0.3, -0.25) is 21.6 Å². The fraction of sp³-hybridized carbons (Fsp3) is 0.500. The van der Waals surface area contributed by atoms with Gasteiger partial charge in [0.05, 0.1) is 0 Å². The molecule has 0 heterocycles. The van der Waals surface area contributed by atoms with Gasteiger partial charge < -0.3 is 23.3 Å². The van der Waals surface area contributed by atoms with Gasteiger partial charge >= 0.3 is 126 Å². The van der Waals surface area contributed by atoms with E-state index in [1.165, 1.54) is 0 Å². The topological polar surface area (TPSA) is 198 Å². The molecule has 0 aromatic rings. The van der Waals surface area contributed by atoms with E-state index in [2.05, 4.69) is 0 Å². The third kappa shape index (κ3) is 543. The molecule has 0 fully saturated rings. The van der Waals surface area contributed by atoms with E-state index in [9.17, 15) is 0 Å². The van der Waals surface area contributed by atoms with Crippen LogP contribution in [0.3, 0.4) is 0 Å². The second kappa shape index (κ2) is 19.2. The zero-order valence-electron chi connectivity index (χ0n) is 9.15. The Bertz CT molecular complexity index is 297. The zero-order valence-corrected chi connectivity index (χ0v) is 18.4. The van der Waals surface area contributed by atoms with Gasteiger partial charge in [-0.25, -0.2) is 0 Å². The first-order valence-electron chi connectivity index (χ1n) is 2.26. The summed E-state index contributed by atoms with van der Waals surface area (Å²) in [5.74, 6) is -0.833. The van der Waals surface area contributed by atoms with Gasteiger partial charge in [-0.2, -0.15) is 0 Å². The van der Waals surface area contributed by atoms with Crippen LogP contribution < -0.4 is 103 Å². The molecule has 0 radical (unpaired) electrons. The average molecular weight is 355 g/mol. The molecule has 0 unspecified atom stereocenters. The zero-order chi connectivity index (χ0) is 12.6. The van der Waals surface area contributed by atoms with Gasteiger partial charge in [-0.05, 0) is 0 Å². The number of hydrogen-bond donors (Lipinski definition) is 1. The largest absolute Gasteiger partial charge is 2.00 e. The molecule has 1 N–H and O–H groups in total. The summed E-state index contributed by atoms with van der Waals surface area (Å²) in [6, 6.07) is 0. The SMILES string of the molecule is CC(=O)O.O=S(=O)([O-])[O-].O=S(=O)([O-])[O-].[K+].[K+].[Mg+2]. The molecular weight excluding hydrogens is 351 g/mol. The molecular formula is C2H4K2MgO10S2. The summed E-state index contributed by atoms with van der Waals surface area (Å²) in [5, 5.41) is 7.42. The van der Waals surface area contributed by atoms with Crippen LogP contribution in [0.2, 0.25) is 0 Å². The van der Waals surface area contributed by atoms with Gasteiger partial charge in [0.15, 0.2) is 0 Å². The van der Waals surface area contributed by atoms with Crippen LogP contribution in [0.4, 0.5) is 0 Å². The van der Waals surface area contributed by atoms with Crippen molar-refractivity contribution in [2.45, 2.75) is 6.92 Å². The van der Waals surface area contributed by atoms with E-state index in [4.69, 9.17) is 44.9 Å². The Morgan fingerprint density at radius 3 is 0.882 bits per heavy atom. The number of carbonyl (C=O) groups is 1. The predicted octanol–water partition coefficient (Wildman–Crippen LogP) is -8.96. The second-order valence-corrected chi connectivity index (χ2v) is 2.97. The van der Waals surface area contributed by atoms with E-state index >= 15 is 0 Å². The summed E-state index contributed by atoms with van der Waals surface area (Å²) in [4.78, 5) is 9.00. The molecule has 0 saturated heterocycles. The van der Waals surface area contributed by atoms with Gasteiger partial charge in [0.1, 0.15) is 0 Å². The van der Waals surface area contributed by atoms with Crippen molar-refractivity contribution in [3.63, 3.8) is 0 Å². The molecule has 0 aliphatic rings. The van der Waals surface area contributed by atoms with Crippen molar-refractivity contribution >= 4 is 49.8 Å². The average Bonchev–Trinajstić information content (AvgIpc) is 1.45. The molecule has 10 nitrogen and oxygen atoms in total. The van der Waals surface area contributed by atoms with E-state index in [1.807, 2.05) is 0 Å². The molecule has 0 spiro atoms. The summed E-state index contributed by atoms with van der Waals surface area (Å²) in [6.07, 6.45) is 0. The number of carboxylic acids is 1. The van der Waals surface area contributed by atoms with Crippen LogP contribution in [0.25, 0.3) is 0 Å². The third-order valence-electron chi connectivity index (χ3n) is 0. The summed E-state index contributed by atoms with van der Waals surface area (Å²) >= 11 is 0. The van der Waals surface area contributed by atoms with Crippen molar-refractivity contribution in [2.75, 3.05) is 0 Å². The van der Waals surface area contributed by atoms with E-state index in [0.717, 1.165) is 6.92 Å². The Kier molecular flexibility index (Phi) is 41.8. The van der Waals surface area contributed by atoms with Gasteiger partial charge in [-0.15, -0.1) is 0 Å². The fourth-order valence-electron chi connectivity index (χ4n) is 0. The van der Waals surface area contributed by atoms with Crippen LogP contribution in [0.15, 0.2) is 0 Å². The molecule has 0 rings (SSSR count). The van der Waals surface area contributed by atoms with Crippen LogP contribution in [0.1, 0.15) is 6.92 Å². The summed E-state index contributed by atoms with van der Waals surface area (Å²) in [6.45, 7) is 1.08. The number of hydrogen-bond acceptors (Lipinski definition) is 9. The minimum Gasteiger partial charge on any atom is -0.759 e. The summed E-state index contributed by atoms with van der Waals surface area (Å²) < 4.78 is 68.2. The maximum Gasteiger partial charge on any atom is 2.00 e. The fourth-order valence-corrected chi connectivity index (χ4v) is 0. The quantitative estimate of drug-likeness (QED) is 0.247. The second-order valence-electron chi connectivity index (χ2n) is 1.34. The number of rotatable bonds is 0. The molecule has 17 heavy (non-hydrogen) atoms. The van der Waals surface area contributed by atoms with Crippen molar-refractivity contribution in [3.8, 4) is 0 Å². The number of aliphatic carboxylic acids is 1. The Morgan fingerprint density at radius 2 is 0.882 bits per heavy atom. The van der Waals surface area contributed by atoms with Crippen LogP contribution >= 0.6 is 0 Å². The smallest absolute Gasteiger partial charge is 0.759 e.